The zero-order valence-electron chi connectivity index (χ0n) is 11.9. The summed E-state index contributed by atoms with van der Waals surface area (Å²) in [6, 6.07) is 2.21. The van der Waals surface area contributed by atoms with E-state index in [0.717, 1.165) is 6.07 Å². The molecule has 0 heterocycles. The number of nitrogen functional groups attached to an aromatic ring is 1. The molecule has 1 aliphatic rings. The summed E-state index contributed by atoms with van der Waals surface area (Å²) in [5, 5.41) is -0.00355. The van der Waals surface area contributed by atoms with Gasteiger partial charge in [0.25, 0.3) is 0 Å². The SMILES string of the molecule is CCOC(=O)COC(=O)C1(Oc2cc(N)c(F)cc2Cl)CC1. The van der Waals surface area contributed by atoms with Gasteiger partial charge in [0, 0.05) is 18.9 Å². The minimum absolute atomic E-state index is 0.00355. The Balaban J connectivity index is 2.01. The monoisotopic (exact) mass is 331 g/mol. The maximum absolute atomic E-state index is 13.2. The number of nitrogens with two attached hydrogens (primary N) is 1. The lowest BCUT2D eigenvalue weighted by atomic mass is 10.2. The Bertz CT molecular complexity index is 603. The van der Waals surface area contributed by atoms with E-state index in [1.807, 2.05) is 0 Å². The van der Waals surface area contributed by atoms with E-state index in [4.69, 9.17) is 26.8 Å². The van der Waals surface area contributed by atoms with Crippen molar-refractivity contribution in [3.05, 3.63) is 23.0 Å². The van der Waals surface area contributed by atoms with Crippen LogP contribution in [0.4, 0.5) is 10.1 Å². The maximum atomic E-state index is 13.2. The van der Waals surface area contributed by atoms with Gasteiger partial charge in [-0.2, -0.15) is 0 Å². The molecule has 2 N–H and O–H groups in total. The Kier molecular flexibility index (Phi) is 4.75. The van der Waals surface area contributed by atoms with E-state index < -0.39 is 30.0 Å². The molecule has 8 heteroatoms. The fourth-order valence-electron chi connectivity index (χ4n) is 1.75. The third-order valence-corrected chi connectivity index (χ3v) is 3.35. The van der Waals surface area contributed by atoms with Crippen molar-refractivity contribution >= 4 is 29.2 Å². The predicted molar refractivity (Wildman–Crippen MR) is 76.0 cm³/mol. The molecule has 0 aromatic heterocycles. The van der Waals surface area contributed by atoms with Gasteiger partial charge in [-0.3, -0.25) is 0 Å². The lowest BCUT2D eigenvalue weighted by Gasteiger charge is -2.18. The van der Waals surface area contributed by atoms with Gasteiger partial charge in [-0.15, -0.1) is 0 Å². The first-order valence-corrected chi connectivity index (χ1v) is 7.02. The highest BCUT2D eigenvalue weighted by molar-refractivity contribution is 6.32. The van der Waals surface area contributed by atoms with E-state index in [1.165, 1.54) is 6.07 Å². The van der Waals surface area contributed by atoms with Gasteiger partial charge >= 0.3 is 11.9 Å². The molecule has 1 aromatic carbocycles. The average molecular weight is 332 g/mol. The molecule has 120 valence electrons. The Morgan fingerprint density at radius 3 is 2.64 bits per heavy atom. The van der Waals surface area contributed by atoms with E-state index >= 15 is 0 Å². The van der Waals surface area contributed by atoms with Crippen molar-refractivity contribution in [2.75, 3.05) is 18.9 Å². The molecule has 2 rings (SSSR count). The molecule has 0 amide bonds. The number of carbonyl (C=O) groups is 2. The second-order valence-electron chi connectivity index (χ2n) is 4.78. The smallest absolute Gasteiger partial charge is 0.351 e. The first-order valence-electron chi connectivity index (χ1n) is 6.64. The maximum Gasteiger partial charge on any atom is 0.351 e. The van der Waals surface area contributed by atoms with Crippen LogP contribution < -0.4 is 10.5 Å². The normalized spacial score (nSPS) is 15.0. The summed E-state index contributed by atoms with van der Waals surface area (Å²) < 4.78 is 28.3. The van der Waals surface area contributed by atoms with Crippen molar-refractivity contribution in [1.82, 2.24) is 0 Å². The van der Waals surface area contributed by atoms with Gasteiger partial charge < -0.3 is 19.9 Å². The van der Waals surface area contributed by atoms with Crippen LogP contribution in [0.15, 0.2) is 12.1 Å². The Labute approximate surface area is 131 Å². The second kappa shape index (κ2) is 6.39. The molecule has 1 fully saturated rings. The van der Waals surface area contributed by atoms with Gasteiger partial charge in [-0.05, 0) is 13.0 Å². The van der Waals surface area contributed by atoms with Gasteiger partial charge in [0.05, 0.1) is 17.3 Å². The fraction of sp³-hybridized carbons (Fsp3) is 0.429. The van der Waals surface area contributed by atoms with Gasteiger partial charge in [-0.25, -0.2) is 14.0 Å². The van der Waals surface area contributed by atoms with E-state index in [-0.39, 0.29) is 23.1 Å². The Morgan fingerprint density at radius 1 is 1.36 bits per heavy atom. The standard InChI is InChI=1S/C14H15ClFNO5/c1-2-20-12(18)7-21-13(19)14(3-4-14)22-11-6-10(17)9(16)5-8(11)15/h5-6H,2-4,7,17H2,1H3. The summed E-state index contributed by atoms with van der Waals surface area (Å²) in [6.07, 6.45) is 0.810. The molecule has 22 heavy (non-hydrogen) atoms. The van der Waals surface area contributed by atoms with Gasteiger partial charge in [-0.1, -0.05) is 11.6 Å². The van der Waals surface area contributed by atoms with E-state index in [0.29, 0.717) is 12.8 Å². The van der Waals surface area contributed by atoms with Crippen LogP contribution in [0.1, 0.15) is 19.8 Å². The average Bonchev–Trinajstić information content (AvgIpc) is 3.23. The number of halogens is 2. The van der Waals surface area contributed by atoms with Crippen molar-refractivity contribution in [2.24, 2.45) is 0 Å². The number of benzene rings is 1. The number of rotatable bonds is 6. The van der Waals surface area contributed by atoms with Crippen LogP contribution in [0.3, 0.4) is 0 Å². The summed E-state index contributed by atoms with van der Waals surface area (Å²) in [5.41, 5.74) is 4.09. The molecule has 1 saturated carbocycles. The molecule has 0 unspecified atom stereocenters. The van der Waals surface area contributed by atoms with Crippen molar-refractivity contribution in [3.63, 3.8) is 0 Å². The van der Waals surface area contributed by atoms with Gasteiger partial charge in [0.15, 0.2) is 6.61 Å². The van der Waals surface area contributed by atoms with Crippen LogP contribution in [0.5, 0.6) is 5.75 Å². The first kappa shape index (κ1) is 16.4. The summed E-state index contributed by atoms with van der Waals surface area (Å²) in [4.78, 5) is 23.2. The molecule has 0 saturated heterocycles. The van der Waals surface area contributed by atoms with Crippen LogP contribution in [0, 0.1) is 5.82 Å². The molecule has 6 nitrogen and oxygen atoms in total. The molecule has 1 aromatic rings. The van der Waals surface area contributed by atoms with Crippen LogP contribution in [-0.2, 0) is 19.1 Å². The molecule has 1 aliphatic carbocycles. The second-order valence-corrected chi connectivity index (χ2v) is 5.19. The van der Waals surface area contributed by atoms with E-state index in [2.05, 4.69) is 4.74 Å². The molecular formula is C14H15ClFNO5. The Morgan fingerprint density at radius 2 is 2.05 bits per heavy atom. The highest BCUT2D eigenvalue weighted by atomic mass is 35.5. The minimum atomic E-state index is -1.21. The molecule has 0 atom stereocenters. The lowest BCUT2D eigenvalue weighted by molar-refractivity contribution is -0.164. The minimum Gasteiger partial charge on any atom is -0.474 e. The molecular weight excluding hydrogens is 317 g/mol. The largest absolute Gasteiger partial charge is 0.474 e. The van der Waals surface area contributed by atoms with E-state index in [1.54, 1.807) is 6.92 Å². The zero-order chi connectivity index (χ0) is 16.3. The molecule has 0 spiro atoms. The molecule has 0 bridgehead atoms. The Hall–Kier alpha value is -2.02. The van der Waals surface area contributed by atoms with Crippen molar-refractivity contribution < 1.29 is 28.2 Å². The van der Waals surface area contributed by atoms with Crippen molar-refractivity contribution in [3.8, 4) is 5.75 Å². The van der Waals surface area contributed by atoms with Crippen molar-refractivity contribution in [1.29, 1.82) is 0 Å². The van der Waals surface area contributed by atoms with Crippen LogP contribution in [0.25, 0.3) is 0 Å². The third kappa shape index (κ3) is 3.59. The topological polar surface area (TPSA) is 87.8 Å². The summed E-state index contributed by atoms with van der Waals surface area (Å²) in [5.74, 6) is -1.92. The number of hydrogen-bond donors (Lipinski definition) is 1. The van der Waals surface area contributed by atoms with E-state index in [9.17, 15) is 14.0 Å². The number of anilines is 1. The van der Waals surface area contributed by atoms with Crippen LogP contribution in [-0.4, -0.2) is 30.8 Å². The summed E-state index contributed by atoms with van der Waals surface area (Å²) in [7, 11) is 0. The first-order chi connectivity index (χ1) is 10.4. The van der Waals surface area contributed by atoms with Gasteiger partial charge in [0.1, 0.15) is 11.6 Å². The predicted octanol–water partition coefficient (Wildman–Crippen LogP) is 2.08. The van der Waals surface area contributed by atoms with Gasteiger partial charge in [0.2, 0.25) is 5.60 Å². The summed E-state index contributed by atoms with van der Waals surface area (Å²) >= 11 is 5.86. The molecule has 0 radical (unpaired) electrons. The summed E-state index contributed by atoms with van der Waals surface area (Å²) in [6.45, 7) is 1.35. The van der Waals surface area contributed by atoms with Crippen molar-refractivity contribution in [2.45, 2.75) is 25.4 Å². The van der Waals surface area contributed by atoms with Crippen LogP contribution in [0.2, 0.25) is 5.02 Å². The highest BCUT2D eigenvalue weighted by Gasteiger charge is 2.55. The number of esters is 2. The quantitative estimate of drug-likeness (QED) is 0.634. The molecule has 0 aliphatic heterocycles. The number of ether oxygens (including phenoxy) is 3. The highest BCUT2D eigenvalue weighted by Crippen LogP contribution is 2.44. The van der Waals surface area contributed by atoms with Crippen LogP contribution >= 0.6 is 11.6 Å². The zero-order valence-corrected chi connectivity index (χ0v) is 12.6. The number of carbonyl (C=O) groups excluding carboxylic acids is 2. The lowest BCUT2D eigenvalue weighted by Crippen LogP contribution is -2.33. The number of hydrogen-bond acceptors (Lipinski definition) is 6. The third-order valence-electron chi connectivity index (χ3n) is 3.06. The fourth-order valence-corrected chi connectivity index (χ4v) is 1.94.